The summed E-state index contributed by atoms with van der Waals surface area (Å²) in [5, 5.41) is 0. The molecule has 0 spiro atoms. The molecule has 8 heavy (non-hydrogen) atoms. The SMILES string of the molecule is C=CO[C@H]1CCOC1. The molecule has 1 heterocycles. The average Bonchev–Trinajstić information content (AvgIpc) is 2.19. The number of rotatable bonds is 2. The van der Waals surface area contributed by atoms with Gasteiger partial charge in [-0.05, 0) is 0 Å². The fraction of sp³-hybridized carbons (Fsp3) is 0.667. The van der Waals surface area contributed by atoms with Gasteiger partial charge in [0.2, 0.25) is 0 Å². The van der Waals surface area contributed by atoms with E-state index in [-0.39, 0.29) is 6.10 Å². The quantitative estimate of drug-likeness (QED) is 0.497. The van der Waals surface area contributed by atoms with Gasteiger partial charge in [0.25, 0.3) is 0 Å². The summed E-state index contributed by atoms with van der Waals surface area (Å²) in [6, 6.07) is 0. The zero-order valence-corrected chi connectivity index (χ0v) is 4.80. The topological polar surface area (TPSA) is 18.5 Å². The second-order valence-electron chi connectivity index (χ2n) is 1.79. The van der Waals surface area contributed by atoms with Crippen LogP contribution in [0.2, 0.25) is 0 Å². The van der Waals surface area contributed by atoms with E-state index >= 15 is 0 Å². The molecule has 1 saturated heterocycles. The van der Waals surface area contributed by atoms with E-state index in [0.717, 1.165) is 19.6 Å². The van der Waals surface area contributed by atoms with Crippen molar-refractivity contribution in [1.82, 2.24) is 0 Å². The Morgan fingerprint density at radius 1 is 1.75 bits per heavy atom. The first kappa shape index (κ1) is 5.63. The van der Waals surface area contributed by atoms with Crippen LogP contribution in [0.3, 0.4) is 0 Å². The number of hydrogen-bond acceptors (Lipinski definition) is 2. The predicted octanol–water partition coefficient (Wildman–Crippen LogP) is 0.935. The molecule has 1 fully saturated rings. The zero-order valence-electron chi connectivity index (χ0n) is 4.80. The molecule has 0 aliphatic carbocycles. The third-order valence-corrected chi connectivity index (χ3v) is 1.18. The Kier molecular flexibility index (Phi) is 1.92. The highest BCUT2D eigenvalue weighted by atomic mass is 16.5. The van der Waals surface area contributed by atoms with Crippen LogP contribution in [0.15, 0.2) is 12.8 Å². The molecule has 1 atom stereocenters. The predicted molar refractivity (Wildman–Crippen MR) is 30.5 cm³/mol. The molecular weight excluding hydrogens is 104 g/mol. The van der Waals surface area contributed by atoms with Gasteiger partial charge in [0.1, 0.15) is 6.10 Å². The van der Waals surface area contributed by atoms with Crippen molar-refractivity contribution in [1.29, 1.82) is 0 Å². The first-order valence-corrected chi connectivity index (χ1v) is 2.77. The van der Waals surface area contributed by atoms with Crippen molar-refractivity contribution in [2.75, 3.05) is 13.2 Å². The minimum absolute atomic E-state index is 0.271. The maximum Gasteiger partial charge on any atom is 0.123 e. The maximum absolute atomic E-state index is 5.04. The van der Waals surface area contributed by atoms with Gasteiger partial charge in [0.05, 0.1) is 19.5 Å². The third-order valence-electron chi connectivity index (χ3n) is 1.18. The summed E-state index contributed by atoms with van der Waals surface area (Å²) in [5.41, 5.74) is 0. The van der Waals surface area contributed by atoms with Crippen LogP contribution in [0.5, 0.6) is 0 Å². The molecule has 0 saturated carbocycles. The Balaban J connectivity index is 2.14. The van der Waals surface area contributed by atoms with Gasteiger partial charge in [0, 0.05) is 6.42 Å². The molecule has 46 valence electrons. The van der Waals surface area contributed by atoms with Crippen molar-refractivity contribution in [3.05, 3.63) is 12.8 Å². The molecule has 0 unspecified atom stereocenters. The van der Waals surface area contributed by atoms with Gasteiger partial charge >= 0.3 is 0 Å². The highest BCUT2D eigenvalue weighted by Gasteiger charge is 2.14. The van der Waals surface area contributed by atoms with Crippen molar-refractivity contribution in [2.24, 2.45) is 0 Å². The first-order valence-electron chi connectivity index (χ1n) is 2.77. The van der Waals surface area contributed by atoms with E-state index in [9.17, 15) is 0 Å². The Morgan fingerprint density at radius 2 is 2.62 bits per heavy atom. The van der Waals surface area contributed by atoms with Crippen LogP contribution in [0.4, 0.5) is 0 Å². The van der Waals surface area contributed by atoms with Crippen molar-refractivity contribution < 1.29 is 9.47 Å². The highest BCUT2D eigenvalue weighted by molar-refractivity contribution is 4.66. The molecular formula is C6H10O2. The molecule has 0 bridgehead atoms. The van der Waals surface area contributed by atoms with Crippen LogP contribution < -0.4 is 0 Å². The van der Waals surface area contributed by atoms with E-state index in [0.29, 0.717) is 0 Å². The Morgan fingerprint density at radius 3 is 3.12 bits per heavy atom. The fourth-order valence-electron chi connectivity index (χ4n) is 0.756. The minimum atomic E-state index is 0.271. The maximum atomic E-state index is 5.04. The van der Waals surface area contributed by atoms with Gasteiger partial charge in [-0.3, -0.25) is 0 Å². The molecule has 1 rings (SSSR count). The van der Waals surface area contributed by atoms with Crippen molar-refractivity contribution in [3.63, 3.8) is 0 Å². The van der Waals surface area contributed by atoms with Gasteiger partial charge < -0.3 is 9.47 Å². The van der Waals surface area contributed by atoms with Crippen LogP contribution in [-0.2, 0) is 9.47 Å². The fourth-order valence-corrected chi connectivity index (χ4v) is 0.756. The summed E-state index contributed by atoms with van der Waals surface area (Å²) in [7, 11) is 0. The molecule has 1 aliphatic heterocycles. The summed E-state index contributed by atoms with van der Waals surface area (Å²) in [6.45, 7) is 5.01. The molecule has 0 radical (unpaired) electrons. The number of ether oxygens (including phenoxy) is 2. The van der Waals surface area contributed by atoms with Crippen LogP contribution in [-0.4, -0.2) is 19.3 Å². The molecule has 2 nitrogen and oxygen atoms in total. The van der Waals surface area contributed by atoms with E-state index in [1.165, 1.54) is 6.26 Å². The smallest absolute Gasteiger partial charge is 0.123 e. The second kappa shape index (κ2) is 2.72. The van der Waals surface area contributed by atoms with Crippen molar-refractivity contribution in [3.8, 4) is 0 Å². The van der Waals surface area contributed by atoms with Crippen LogP contribution in [0.25, 0.3) is 0 Å². The van der Waals surface area contributed by atoms with Gasteiger partial charge in [0.15, 0.2) is 0 Å². The zero-order chi connectivity index (χ0) is 5.82. The lowest BCUT2D eigenvalue weighted by Crippen LogP contribution is -2.07. The molecule has 0 N–H and O–H groups in total. The van der Waals surface area contributed by atoms with Crippen LogP contribution in [0, 0.1) is 0 Å². The highest BCUT2D eigenvalue weighted by Crippen LogP contribution is 2.07. The van der Waals surface area contributed by atoms with Crippen LogP contribution in [0.1, 0.15) is 6.42 Å². The largest absolute Gasteiger partial charge is 0.496 e. The van der Waals surface area contributed by atoms with Gasteiger partial charge in [-0.15, -0.1) is 0 Å². The average molecular weight is 114 g/mol. The minimum Gasteiger partial charge on any atom is -0.496 e. The summed E-state index contributed by atoms with van der Waals surface area (Å²) in [4.78, 5) is 0. The van der Waals surface area contributed by atoms with E-state index in [1.807, 2.05) is 0 Å². The standard InChI is InChI=1S/C6H10O2/c1-2-8-6-3-4-7-5-6/h2,6H,1,3-5H2/t6-/m0/s1. The van der Waals surface area contributed by atoms with E-state index < -0.39 is 0 Å². The molecule has 0 aromatic rings. The normalized spacial score (nSPS) is 27.8. The lowest BCUT2D eigenvalue weighted by molar-refractivity contribution is 0.111. The molecule has 0 aromatic heterocycles. The summed E-state index contributed by atoms with van der Waals surface area (Å²) in [5.74, 6) is 0. The molecule has 0 aromatic carbocycles. The van der Waals surface area contributed by atoms with Crippen LogP contribution >= 0.6 is 0 Å². The molecule has 1 aliphatic rings. The second-order valence-corrected chi connectivity index (χ2v) is 1.79. The van der Waals surface area contributed by atoms with Gasteiger partial charge in [-0.2, -0.15) is 0 Å². The van der Waals surface area contributed by atoms with Crippen molar-refractivity contribution in [2.45, 2.75) is 12.5 Å². The molecule has 0 amide bonds. The first-order chi connectivity index (χ1) is 3.93. The van der Waals surface area contributed by atoms with Crippen molar-refractivity contribution >= 4 is 0 Å². The summed E-state index contributed by atoms with van der Waals surface area (Å²) < 4.78 is 10.1. The molecule has 2 heteroatoms. The van der Waals surface area contributed by atoms with Gasteiger partial charge in [-0.1, -0.05) is 6.58 Å². The Labute approximate surface area is 49.1 Å². The number of hydrogen-bond donors (Lipinski definition) is 0. The lowest BCUT2D eigenvalue weighted by Gasteiger charge is -2.03. The summed E-state index contributed by atoms with van der Waals surface area (Å²) in [6.07, 6.45) is 2.75. The van der Waals surface area contributed by atoms with E-state index in [4.69, 9.17) is 9.47 Å². The lowest BCUT2D eigenvalue weighted by atomic mass is 10.3. The van der Waals surface area contributed by atoms with E-state index in [1.54, 1.807) is 0 Å². The Bertz CT molecular complexity index is 74.6. The van der Waals surface area contributed by atoms with E-state index in [2.05, 4.69) is 6.58 Å². The third kappa shape index (κ3) is 1.23. The summed E-state index contributed by atoms with van der Waals surface area (Å²) >= 11 is 0. The Hall–Kier alpha value is -0.500. The van der Waals surface area contributed by atoms with Gasteiger partial charge in [-0.25, -0.2) is 0 Å². The monoisotopic (exact) mass is 114 g/mol.